The molecule has 25 heavy (non-hydrogen) atoms. The lowest BCUT2D eigenvalue weighted by Crippen LogP contribution is -2.24. The molecule has 1 amide bonds. The van der Waals surface area contributed by atoms with Crippen molar-refractivity contribution >= 4 is 5.91 Å². The van der Waals surface area contributed by atoms with Crippen molar-refractivity contribution < 1.29 is 9.53 Å². The third-order valence-electron chi connectivity index (χ3n) is 3.59. The summed E-state index contributed by atoms with van der Waals surface area (Å²) < 4.78 is 7.13. The number of hydrogen-bond donors (Lipinski definition) is 1. The Bertz CT molecular complexity index is 790. The summed E-state index contributed by atoms with van der Waals surface area (Å²) in [6, 6.07) is 16.9. The molecule has 0 radical (unpaired) electrons. The van der Waals surface area contributed by atoms with Crippen LogP contribution in [0.1, 0.15) is 23.2 Å². The number of tetrazole rings is 1. The summed E-state index contributed by atoms with van der Waals surface area (Å²) in [7, 11) is 0. The van der Waals surface area contributed by atoms with Gasteiger partial charge in [-0.1, -0.05) is 24.3 Å². The van der Waals surface area contributed by atoms with E-state index >= 15 is 0 Å². The second kappa shape index (κ2) is 8.58. The number of aromatic nitrogens is 4. The van der Waals surface area contributed by atoms with Crippen molar-refractivity contribution in [2.24, 2.45) is 0 Å². The van der Waals surface area contributed by atoms with E-state index in [4.69, 9.17) is 4.74 Å². The van der Waals surface area contributed by atoms with Gasteiger partial charge in [0.15, 0.2) is 0 Å². The largest absolute Gasteiger partial charge is 0.494 e. The molecule has 0 fully saturated rings. The maximum Gasteiger partial charge on any atom is 0.251 e. The zero-order valence-electron chi connectivity index (χ0n) is 13.7. The zero-order chi connectivity index (χ0) is 17.3. The fourth-order valence-electron chi connectivity index (χ4n) is 2.31. The smallest absolute Gasteiger partial charge is 0.251 e. The van der Waals surface area contributed by atoms with E-state index < -0.39 is 0 Å². The van der Waals surface area contributed by atoms with Gasteiger partial charge in [-0.15, -0.1) is 5.10 Å². The van der Waals surface area contributed by atoms with Gasteiger partial charge in [0, 0.05) is 12.1 Å². The van der Waals surface area contributed by atoms with E-state index in [-0.39, 0.29) is 5.91 Å². The molecule has 1 N–H and O–H groups in total. The minimum atomic E-state index is -0.112. The minimum Gasteiger partial charge on any atom is -0.494 e. The Hall–Kier alpha value is -3.22. The van der Waals surface area contributed by atoms with Gasteiger partial charge in [0.1, 0.15) is 12.1 Å². The first kappa shape index (κ1) is 16.6. The molecule has 0 aliphatic heterocycles. The maximum atomic E-state index is 12.2. The number of nitrogens with zero attached hydrogens (tertiary/aromatic N) is 4. The van der Waals surface area contributed by atoms with Gasteiger partial charge in [-0.05, 0) is 53.6 Å². The van der Waals surface area contributed by atoms with Crippen LogP contribution in [-0.2, 0) is 0 Å². The van der Waals surface area contributed by atoms with Crippen molar-refractivity contribution in [1.29, 1.82) is 0 Å². The zero-order valence-corrected chi connectivity index (χ0v) is 13.7. The quantitative estimate of drug-likeness (QED) is 0.638. The van der Waals surface area contributed by atoms with Crippen molar-refractivity contribution in [2.45, 2.75) is 12.8 Å². The molecule has 0 unspecified atom stereocenters. The average molecular weight is 337 g/mol. The first-order chi connectivity index (χ1) is 12.3. The lowest BCUT2D eigenvalue weighted by Gasteiger charge is -2.08. The van der Waals surface area contributed by atoms with Crippen LogP contribution in [0.5, 0.6) is 5.75 Å². The van der Waals surface area contributed by atoms with Crippen LogP contribution in [0, 0.1) is 0 Å². The van der Waals surface area contributed by atoms with Gasteiger partial charge in [0.25, 0.3) is 5.91 Å². The summed E-state index contributed by atoms with van der Waals surface area (Å²) in [6.07, 6.45) is 3.22. The number of unbranched alkanes of at least 4 members (excludes halogenated alkanes) is 1. The SMILES string of the molecule is O=C(NCCCCOc1ccccc1)c1cccc(-n2cnnn2)c1. The Morgan fingerprint density at radius 3 is 2.76 bits per heavy atom. The molecule has 0 saturated carbocycles. The number of benzene rings is 2. The molecule has 0 spiro atoms. The molecule has 0 bridgehead atoms. The second-order valence-corrected chi connectivity index (χ2v) is 5.43. The predicted octanol–water partition coefficient (Wildman–Crippen LogP) is 2.25. The van der Waals surface area contributed by atoms with E-state index in [2.05, 4.69) is 20.8 Å². The fourth-order valence-corrected chi connectivity index (χ4v) is 2.31. The van der Waals surface area contributed by atoms with E-state index in [0.29, 0.717) is 18.7 Å². The summed E-state index contributed by atoms with van der Waals surface area (Å²) >= 11 is 0. The maximum absolute atomic E-state index is 12.2. The van der Waals surface area contributed by atoms with E-state index in [1.165, 1.54) is 11.0 Å². The highest BCUT2D eigenvalue weighted by atomic mass is 16.5. The molecule has 0 aliphatic rings. The van der Waals surface area contributed by atoms with Crippen LogP contribution < -0.4 is 10.1 Å². The van der Waals surface area contributed by atoms with Gasteiger partial charge in [0.05, 0.1) is 12.3 Å². The van der Waals surface area contributed by atoms with Crippen LogP contribution in [0.25, 0.3) is 5.69 Å². The number of rotatable bonds is 8. The molecule has 7 nitrogen and oxygen atoms in total. The average Bonchev–Trinajstić information content (AvgIpc) is 3.20. The van der Waals surface area contributed by atoms with Crippen LogP contribution in [-0.4, -0.2) is 39.3 Å². The number of nitrogens with one attached hydrogen (secondary N) is 1. The Morgan fingerprint density at radius 2 is 1.96 bits per heavy atom. The normalized spacial score (nSPS) is 10.4. The lowest BCUT2D eigenvalue weighted by molar-refractivity contribution is 0.0952. The number of para-hydroxylation sites is 1. The lowest BCUT2D eigenvalue weighted by atomic mass is 10.2. The molecular weight excluding hydrogens is 318 g/mol. The van der Waals surface area contributed by atoms with Crippen LogP contribution in [0.15, 0.2) is 60.9 Å². The second-order valence-electron chi connectivity index (χ2n) is 5.43. The Kier molecular flexibility index (Phi) is 5.71. The highest BCUT2D eigenvalue weighted by Crippen LogP contribution is 2.10. The summed E-state index contributed by atoms with van der Waals surface area (Å²) in [4.78, 5) is 12.2. The van der Waals surface area contributed by atoms with Gasteiger partial charge < -0.3 is 10.1 Å². The third-order valence-corrected chi connectivity index (χ3v) is 3.59. The summed E-state index contributed by atoms with van der Waals surface area (Å²) in [6.45, 7) is 1.24. The first-order valence-electron chi connectivity index (χ1n) is 8.12. The predicted molar refractivity (Wildman–Crippen MR) is 92.7 cm³/mol. The first-order valence-corrected chi connectivity index (χ1v) is 8.12. The molecule has 0 aliphatic carbocycles. The van der Waals surface area contributed by atoms with E-state index in [0.717, 1.165) is 24.3 Å². The van der Waals surface area contributed by atoms with Gasteiger partial charge >= 0.3 is 0 Å². The molecule has 2 aromatic carbocycles. The Labute approximate surface area is 145 Å². The Balaban J connectivity index is 1.40. The highest BCUT2D eigenvalue weighted by Gasteiger charge is 2.07. The molecule has 0 saturated heterocycles. The standard InChI is InChI=1S/C18H19N5O2/c24-18(15-7-6-8-16(13-15)23-14-20-21-22-23)19-11-4-5-12-25-17-9-2-1-3-10-17/h1-3,6-10,13-14H,4-5,11-12H2,(H,19,24). The Morgan fingerprint density at radius 1 is 1.08 bits per heavy atom. The van der Waals surface area contributed by atoms with E-state index in [9.17, 15) is 4.79 Å². The number of hydrogen-bond acceptors (Lipinski definition) is 5. The van der Waals surface area contributed by atoms with Gasteiger partial charge in [0.2, 0.25) is 0 Å². The molecule has 0 atom stereocenters. The van der Waals surface area contributed by atoms with Crippen LogP contribution in [0.2, 0.25) is 0 Å². The van der Waals surface area contributed by atoms with E-state index in [1.54, 1.807) is 18.2 Å². The van der Waals surface area contributed by atoms with Gasteiger partial charge in [-0.3, -0.25) is 4.79 Å². The molecule has 128 valence electrons. The van der Waals surface area contributed by atoms with E-state index in [1.807, 2.05) is 36.4 Å². The van der Waals surface area contributed by atoms with Crippen molar-refractivity contribution in [1.82, 2.24) is 25.5 Å². The molecule has 3 aromatic rings. The van der Waals surface area contributed by atoms with Crippen LogP contribution in [0.4, 0.5) is 0 Å². The van der Waals surface area contributed by atoms with Gasteiger partial charge in [-0.2, -0.15) is 0 Å². The number of carbonyl (C=O) groups is 1. The van der Waals surface area contributed by atoms with Crippen molar-refractivity contribution in [3.8, 4) is 11.4 Å². The monoisotopic (exact) mass is 337 g/mol. The summed E-state index contributed by atoms with van der Waals surface area (Å²) in [5.74, 6) is 0.754. The number of amides is 1. The molecule has 1 aromatic heterocycles. The van der Waals surface area contributed by atoms with Crippen molar-refractivity contribution in [2.75, 3.05) is 13.2 Å². The van der Waals surface area contributed by atoms with Crippen LogP contribution >= 0.6 is 0 Å². The number of carbonyl (C=O) groups excluding carboxylic acids is 1. The van der Waals surface area contributed by atoms with Crippen LogP contribution in [0.3, 0.4) is 0 Å². The summed E-state index contributed by atoms with van der Waals surface area (Å²) in [5, 5.41) is 13.9. The molecule has 3 rings (SSSR count). The highest BCUT2D eigenvalue weighted by molar-refractivity contribution is 5.94. The van der Waals surface area contributed by atoms with Crippen molar-refractivity contribution in [3.63, 3.8) is 0 Å². The molecule has 1 heterocycles. The minimum absolute atomic E-state index is 0.112. The molecular formula is C18H19N5O2. The number of ether oxygens (including phenoxy) is 1. The molecule has 7 heteroatoms. The van der Waals surface area contributed by atoms with Crippen molar-refractivity contribution in [3.05, 3.63) is 66.5 Å². The third kappa shape index (κ3) is 4.87. The fraction of sp³-hybridized carbons (Fsp3) is 0.222. The van der Waals surface area contributed by atoms with Gasteiger partial charge in [-0.25, -0.2) is 4.68 Å². The topological polar surface area (TPSA) is 81.9 Å². The summed E-state index contributed by atoms with van der Waals surface area (Å²) in [5.41, 5.74) is 1.32.